The maximum absolute atomic E-state index is 5.63. The molecular weight excluding hydrogens is 200 g/mol. The normalized spacial score (nSPS) is 13.2. The summed E-state index contributed by atoms with van der Waals surface area (Å²) in [5.41, 5.74) is 6.78. The van der Waals surface area contributed by atoms with E-state index in [1.165, 1.54) is 9.22 Å². The van der Waals surface area contributed by atoms with Crippen LogP contribution in [0, 0.1) is 6.92 Å². The van der Waals surface area contributed by atoms with Gasteiger partial charge in [-0.05, 0) is 19.2 Å². The van der Waals surface area contributed by atoms with Gasteiger partial charge in [-0.1, -0.05) is 25.6 Å². The van der Waals surface area contributed by atoms with E-state index in [1.807, 2.05) is 0 Å². The van der Waals surface area contributed by atoms with Crippen molar-refractivity contribution in [2.24, 2.45) is 5.73 Å². The number of hydrogen-bond donors (Lipinski definition) is 1. The monoisotopic (exact) mass is 216 g/mol. The Hall–Kier alpha value is -0.0600. The molecule has 0 radical (unpaired) electrons. The van der Waals surface area contributed by atoms with Crippen LogP contribution in [0.25, 0.3) is 0 Å². The lowest BCUT2D eigenvalue weighted by Gasteiger charge is -2.04. The van der Waals surface area contributed by atoms with Crippen molar-refractivity contribution in [1.82, 2.24) is 4.98 Å². The highest BCUT2D eigenvalue weighted by atomic mass is 32.2. The van der Waals surface area contributed by atoms with E-state index in [1.54, 1.807) is 23.1 Å². The van der Waals surface area contributed by atoms with Crippen LogP contribution in [0.1, 0.15) is 30.3 Å². The Balaban J connectivity index is 2.82. The summed E-state index contributed by atoms with van der Waals surface area (Å²) in [6.07, 6.45) is 0. The molecule has 74 valence electrons. The third-order valence-electron chi connectivity index (χ3n) is 1.88. The first-order valence-electron chi connectivity index (χ1n) is 4.49. The van der Waals surface area contributed by atoms with Crippen molar-refractivity contribution in [3.8, 4) is 0 Å². The summed E-state index contributed by atoms with van der Waals surface area (Å²) in [7, 11) is 0. The van der Waals surface area contributed by atoms with Crippen molar-refractivity contribution in [3.63, 3.8) is 0 Å². The van der Waals surface area contributed by atoms with Crippen LogP contribution in [0.2, 0.25) is 0 Å². The standard InChI is InChI=1S/C9H16N2S2/c1-4-12-9-11-7(3)8(13-9)6(2)5-10/h6H,4-5,10H2,1-3H3. The minimum absolute atomic E-state index is 0.448. The van der Waals surface area contributed by atoms with E-state index >= 15 is 0 Å². The van der Waals surface area contributed by atoms with Crippen LogP contribution in [-0.4, -0.2) is 17.3 Å². The predicted molar refractivity (Wildman–Crippen MR) is 60.7 cm³/mol. The van der Waals surface area contributed by atoms with Crippen molar-refractivity contribution in [1.29, 1.82) is 0 Å². The van der Waals surface area contributed by atoms with Gasteiger partial charge in [0, 0.05) is 10.8 Å². The van der Waals surface area contributed by atoms with Gasteiger partial charge in [0.15, 0.2) is 0 Å². The molecule has 0 fully saturated rings. The van der Waals surface area contributed by atoms with Crippen LogP contribution in [0.15, 0.2) is 4.34 Å². The molecule has 0 aromatic carbocycles. The Kier molecular flexibility index (Phi) is 4.22. The fourth-order valence-electron chi connectivity index (χ4n) is 1.13. The topological polar surface area (TPSA) is 38.9 Å². The van der Waals surface area contributed by atoms with Crippen molar-refractivity contribution < 1.29 is 0 Å². The average Bonchev–Trinajstić information content (AvgIpc) is 2.46. The maximum Gasteiger partial charge on any atom is 0.150 e. The summed E-state index contributed by atoms with van der Waals surface area (Å²) < 4.78 is 1.18. The van der Waals surface area contributed by atoms with Gasteiger partial charge in [0.2, 0.25) is 0 Å². The molecule has 0 bridgehead atoms. The second kappa shape index (κ2) is 4.98. The minimum Gasteiger partial charge on any atom is -0.330 e. The zero-order valence-electron chi connectivity index (χ0n) is 8.33. The molecular formula is C9H16N2S2. The van der Waals surface area contributed by atoms with Crippen molar-refractivity contribution >= 4 is 23.1 Å². The van der Waals surface area contributed by atoms with E-state index in [0.29, 0.717) is 12.5 Å². The Morgan fingerprint density at radius 2 is 2.31 bits per heavy atom. The van der Waals surface area contributed by atoms with Crippen LogP contribution in [0.3, 0.4) is 0 Å². The molecule has 0 aliphatic carbocycles. The molecule has 1 aromatic heterocycles. The van der Waals surface area contributed by atoms with E-state index < -0.39 is 0 Å². The van der Waals surface area contributed by atoms with Gasteiger partial charge in [-0.15, -0.1) is 11.3 Å². The Morgan fingerprint density at radius 1 is 1.62 bits per heavy atom. The second-order valence-electron chi connectivity index (χ2n) is 3.00. The molecule has 4 heteroatoms. The molecule has 0 amide bonds. The number of thiazole rings is 1. The van der Waals surface area contributed by atoms with E-state index in [0.717, 1.165) is 11.4 Å². The molecule has 1 rings (SSSR count). The zero-order chi connectivity index (χ0) is 9.84. The SMILES string of the molecule is CCSc1nc(C)c(C(C)CN)s1. The number of rotatable bonds is 4. The number of hydrogen-bond acceptors (Lipinski definition) is 4. The average molecular weight is 216 g/mol. The van der Waals surface area contributed by atoms with Crippen LogP contribution < -0.4 is 5.73 Å². The molecule has 1 heterocycles. The van der Waals surface area contributed by atoms with Crippen molar-refractivity contribution in [2.45, 2.75) is 31.0 Å². The summed E-state index contributed by atoms with van der Waals surface area (Å²) in [6.45, 7) is 7.07. The van der Waals surface area contributed by atoms with Crippen LogP contribution in [-0.2, 0) is 0 Å². The van der Waals surface area contributed by atoms with Gasteiger partial charge in [-0.2, -0.15) is 0 Å². The van der Waals surface area contributed by atoms with Crippen LogP contribution in [0.5, 0.6) is 0 Å². The van der Waals surface area contributed by atoms with Crippen LogP contribution in [0.4, 0.5) is 0 Å². The van der Waals surface area contributed by atoms with E-state index in [9.17, 15) is 0 Å². The number of thioether (sulfide) groups is 1. The van der Waals surface area contributed by atoms with Gasteiger partial charge in [-0.25, -0.2) is 4.98 Å². The third-order valence-corrected chi connectivity index (χ3v) is 4.30. The second-order valence-corrected chi connectivity index (χ2v) is 5.54. The smallest absolute Gasteiger partial charge is 0.150 e. The highest BCUT2D eigenvalue weighted by Crippen LogP contribution is 2.31. The lowest BCUT2D eigenvalue weighted by atomic mass is 10.1. The van der Waals surface area contributed by atoms with Gasteiger partial charge < -0.3 is 5.73 Å². The largest absolute Gasteiger partial charge is 0.330 e. The molecule has 1 aromatic rings. The van der Waals surface area contributed by atoms with Gasteiger partial charge in [-0.3, -0.25) is 0 Å². The fourth-order valence-corrected chi connectivity index (χ4v) is 3.30. The van der Waals surface area contributed by atoms with E-state index in [-0.39, 0.29) is 0 Å². The molecule has 0 spiro atoms. The summed E-state index contributed by atoms with van der Waals surface area (Å²) in [6, 6.07) is 0. The fraction of sp³-hybridized carbons (Fsp3) is 0.667. The molecule has 0 saturated carbocycles. The Morgan fingerprint density at radius 3 is 2.85 bits per heavy atom. The first kappa shape index (κ1) is 11.0. The quantitative estimate of drug-likeness (QED) is 0.786. The summed E-state index contributed by atoms with van der Waals surface area (Å²) in [5.74, 6) is 1.53. The molecule has 0 aliphatic rings. The Bertz CT molecular complexity index is 271. The maximum atomic E-state index is 5.63. The van der Waals surface area contributed by atoms with Crippen molar-refractivity contribution in [3.05, 3.63) is 10.6 Å². The highest BCUT2D eigenvalue weighted by molar-refractivity contribution is 8.01. The molecule has 1 unspecified atom stereocenters. The number of nitrogens with zero attached hydrogens (tertiary/aromatic N) is 1. The molecule has 1 atom stereocenters. The number of aromatic nitrogens is 1. The van der Waals surface area contributed by atoms with Crippen LogP contribution >= 0.6 is 23.1 Å². The number of nitrogens with two attached hydrogens (primary N) is 1. The van der Waals surface area contributed by atoms with Crippen molar-refractivity contribution in [2.75, 3.05) is 12.3 Å². The van der Waals surface area contributed by atoms with Gasteiger partial charge in [0.1, 0.15) is 4.34 Å². The first-order chi connectivity index (χ1) is 6.19. The lowest BCUT2D eigenvalue weighted by Crippen LogP contribution is -2.08. The molecule has 0 aliphatic heterocycles. The van der Waals surface area contributed by atoms with Gasteiger partial charge in [0.25, 0.3) is 0 Å². The minimum atomic E-state index is 0.448. The predicted octanol–water partition coefficient (Wildman–Crippen LogP) is 2.63. The first-order valence-corrected chi connectivity index (χ1v) is 6.29. The lowest BCUT2D eigenvalue weighted by molar-refractivity contribution is 0.780. The highest BCUT2D eigenvalue weighted by Gasteiger charge is 2.12. The molecule has 13 heavy (non-hydrogen) atoms. The number of aryl methyl sites for hydroxylation is 1. The summed E-state index contributed by atoms with van der Waals surface area (Å²) in [5, 5.41) is 0. The van der Waals surface area contributed by atoms with E-state index in [2.05, 4.69) is 25.8 Å². The van der Waals surface area contributed by atoms with E-state index in [4.69, 9.17) is 5.73 Å². The third kappa shape index (κ3) is 2.69. The molecule has 0 saturated heterocycles. The summed E-state index contributed by atoms with van der Waals surface area (Å²) >= 11 is 3.59. The van der Waals surface area contributed by atoms with Gasteiger partial charge >= 0.3 is 0 Å². The molecule has 2 N–H and O–H groups in total. The summed E-state index contributed by atoms with van der Waals surface area (Å²) in [4.78, 5) is 5.84. The molecule has 2 nitrogen and oxygen atoms in total. The Labute approximate surface area is 87.9 Å². The zero-order valence-corrected chi connectivity index (χ0v) is 9.97. The van der Waals surface area contributed by atoms with Gasteiger partial charge in [0.05, 0.1) is 5.69 Å².